The van der Waals surface area contributed by atoms with Crippen LogP contribution in [-0.4, -0.2) is 43.0 Å². The van der Waals surface area contributed by atoms with Crippen molar-refractivity contribution in [1.82, 2.24) is 4.90 Å². The minimum absolute atomic E-state index is 0.269. The molecule has 1 heterocycles. The van der Waals surface area contributed by atoms with E-state index in [1.54, 1.807) is 0 Å². The summed E-state index contributed by atoms with van der Waals surface area (Å²) in [6.07, 6.45) is 3.90. The number of unbranched alkanes of at least 4 members (excludes halogenated alkanes) is 2. The van der Waals surface area contributed by atoms with Crippen LogP contribution in [0.15, 0.2) is 66.7 Å². The van der Waals surface area contributed by atoms with Crippen molar-refractivity contribution in [3.05, 3.63) is 66.7 Å². The minimum Gasteiger partial charge on any atom is -0.368 e. The molecule has 6 heteroatoms. The fourth-order valence-corrected chi connectivity index (χ4v) is 4.27. The SMILES string of the molecule is CCCCCC(=O)N1CCN(c2ccc(NC(=O)Nc3cccc4ccccc34)cc2)CC1. The predicted molar refractivity (Wildman–Crippen MR) is 136 cm³/mol. The fraction of sp³-hybridized carbons (Fsp3) is 0.333. The summed E-state index contributed by atoms with van der Waals surface area (Å²) in [6.45, 7) is 5.33. The Balaban J connectivity index is 1.29. The molecule has 0 aromatic heterocycles. The van der Waals surface area contributed by atoms with Gasteiger partial charge in [-0.25, -0.2) is 4.79 Å². The van der Waals surface area contributed by atoms with Crippen LogP contribution in [0.4, 0.5) is 21.9 Å². The molecule has 6 nitrogen and oxygen atoms in total. The maximum Gasteiger partial charge on any atom is 0.323 e. The Labute approximate surface area is 195 Å². The standard InChI is InChI=1S/C27H32N4O2/c1-2-3-4-12-26(32)31-19-17-30(18-20-31)23-15-13-22(14-16-23)28-27(33)29-25-11-7-9-21-8-5-6-10-24(21)25/h5-11,13-16H,2-4,12,17-20H2,1H3,(H2,28,29,33). The second-order valence-corrected chi connectivity index (χ2v) is 8.48. The molecule has 0 saturated carbocycles. The predicted octanol–water partition coefficient (Wildman–Crippen LogP) is 5.71. The number of hydrogen-bond acceptors (Lipinski definition) is 3. The topological polar surface area (TPSA) is 64.7 Å². The van der Waals surface area contributed by atoms with Crippen LogP contribution in [0.1, 0.15) is 32.6 Å². The maximum atomic E-state index is 12.5. The van der Waals surface area contributed by atoms with Gasteiger partial charge in [0.25, 0.3) is 0 Å². The molecular weight excluding hydrogens is 412 g/mol. The molecule has 33 heavy (non-hydrogen) atoms. The Bertz CT molecular complexity index is 1080. The largest absolute Gasteiger partial charge is 0.368 e. The van der Waals surface area contributed by atoms with Gasteiger partial charge >= 0.3 is 6.03 Å². The van der Waals surface area contributed by atoms with E-state index < -0.39 is 0 Å². The van der Waals surface area contributed by atoms with Crippen molar-refractivity contribution in [3.63, 3.8) is 0 Å². The zero-order chi connectivity index (χ0) is 23.0. The lowest BCUT2D eigenvalue weighted by atomic mass is 10.1. The molecule has 1 aliphatic rings. The number of rotatable bonds is 7. The summed E-state index contributed by atoms with van der Waals surface area (Å²) >= 11 is 0. The Hall–Kier alpha value is -3.54. The number of nitrogens with zero attached hydrogens (tertiary/aromatic N) is 2. The summed E-state index contributed by atoms with van der Waals surface area (Å²) in [5, 5.41) is 7.95. The lowest BCUT2D eigenvalue weighted by Crippen LogP contribution is -2.48. The molecule has 0 unspecified atom stereocenters. The lowest BCUT2D eigenvalue weighted by molar-refractivity contribution is -0.131. The molecule has 172 valence electrons. The Morgan fingerprint density at radius 3 is 2.30 bits per heavy atom. The molecule has 3 aromatic rings. The van der Waals surface area contributed by atoms with Crippen LogP contribution in [0.2, 0.25) is 0 Å². The average molecular weight is 445 g/mol. The van der Waals surface area contributed by atoms with E-state index in [0.29, 0.717) is 6.42 Å². The highest BCUT2D eigenvalue weighted by atomic mass is 16.2. The third-order valence-corrected chi connectivity index (χ3v) is 6.15. The van der Waals surface area contributed by atoms with Crippen LogP contribution < -0.4 is 15.5 Å². The van der Waals surface area contributed by atoms with Gasteiger partial charge in [-0.2, -0.15) is 0 Å². The Morgan fingerprint density at radius 1 is 0.818 bits per heavy atom. The van der Waals surface area contributed by atoms with Crippen LogP contribution in [0.5, 0.6) is 0 Å². The van der Waals surface area contributed by atoms with Crippen molar-refractivity contribution in [3.8, 4) is 0 Å². The third-order valence-electron chi connectivity index (χ3n) is 6.15. The van der Waals surface area contributed by atoms with Crippen LogP contribution in [0, 0.1) is 0 Å². The highest BCUT2D eigenvalue weighted by Gasteiger charge is 2.20. The summed E-state index contributed by atoms with van der Waals surface area (Å²) in [7, 11) is 0. The highest BCUT2D eigenvalue weighted by Crippen LogP contribution is 2.24. The summed E-state index contributed by atoms with van der Waals surface area (Å²) in [5.41, 5.74) is 2.62. The lowest BCUT2D eigenvalue weighted by Gasteiger charge is -2.36. The van der Waals surface area contributed by atoms with Crippen molar-refractivity contribution in [2.24, 2.45) is 0 Å². The van der Waals surface area contributed by atoms with Gasteiger partial charge in [-0.05, 0) is 42.1 Å². The van der Waals surface area contributed by atoms with E-state index in [2.05, 4.69) is 22.5 Å². The fourth-order valence-electron chi connectivity index (χ4n) is 4.27. The van der Waals surface area contributed by atoms with Gasteiger partial charge < -0.3 is 20.4 Å². The molecule has 2 N–H and O–H groups in total. The van der Waals surface area contributed by atoms with Crippen LogP contribution >= 0.6 is 0 Å². The van der Waals surface area contributed by atoms with E-state index in [-0.39, 0.29) is 11.9 Å². The highest BCUT2D eigenvalue weighted by molar-refractivity contribution is 6.06. The number of benzene rings is 3. The number of urea groups is 1. The van der Waals surface area contributed by atoms with E-state index in [4.69, 9.17) is 0 Å². The van der Waals surface area contributed by atoms with Gasteiger partial charge in [-0.3, -0.25) is 4.79 Å². The Morgan fingerprint density at radius 2 is 1.55 bits per heavy atom. The average Bonchev–Trinajstić information content (AvgIpc) is 2.85. The monoisotopic (exact) mass is 444 g/mol. The smallest absolute Gasteiger partial charge is 0.323 e. The summed E-state index contributed by atoms with van der Waals surface area (Å²) in [6, 6.07) is 21.4. The van der Waals surface area contributed by atoms with E-state index in [9.17, 15) is 9.59 Å². The van der Waals surface area contributed by atoms with Crippen molar-refractivity contribution in [1.29, 1.82) is 0 Å². The first-order valence-corrected chi connectivity index (χ1v) is 11.8. The molecule has 0 aliphatic carbocycles. The number of fused-ring (bicyclic) bond motifs is 1. The second-order valence-electron chi connectivity index (χ2n) is 8.48. The molecule has 0 bridgehead atoms. The van der Waals surface area contributed by atoms with Crippen LogP contribution in [0.3, 0.4) is 0 Å². The molecule has 1 fully saturated rings. The molecule has 4 rings (SSSR count). The molecule has 3 amide bonds. The summed E-state index contributed by atoms with van der Waals surface area (Å²) < 4.78 is 0. The number of piperazine rings is 1. The van der Waals surface area contributed by atoms with Crippen molar-refractivity contribution < 1.29 is 9.59 Å². The minimum atomic E-state index is -0.269. The van der Waals surface area contributed by atoms with E-state index >= 15 is 0 Å². The first-order chi connectivity index (χ1) is 16.1. The van der Waals surface area contributed by atoms with Gasteiger partial charge in [0.05, 0.1) is 5.69 Å². The first kappa shape index (κ1) is 22.6. The normalized spacial score (nSPS) is 13.7. The summed E-state index contributed by atoms with van der Waals surface area (Å²) in [5.74, 6) is 0.278. The number of hydrogen-bond donors (Lipinski definition) is 2. The number of anilines is 3. The number of nitrogens with one attached hydrogen (secondary N) is 2. The molecule has 0 atom stereocenters. The van der Waals surface area contributed by atoms with Crippen LogP contribution in [-0.2, 0) is 4.79 Å². The third kappa shape index (κ3) is 5.83. The zero-order valence-corrected chi connectivity index (χ0v) is 19.2. The molecule has 0 radical (unpaired) electrons. The number of carbonyl (C=O) groups excluding carboxylic acids is 2. The number of amides is 3. The Kier molecular flexibility index (Phi) is 7.45. The van der Waals surface area contributed by atoms with Crippen molar-refractivity contribution in [2.45, 2.75) is 32.6 Å². The molecule has 0 spiro atoms. The van der Waals surface area contributed by atoms with Gasteiger partial charge in [-0.1, -0.05) is 56.2 Å². The van der Waals surface area contributed by atoms with Crippen molar-refractivity contribution in [2.75, 3.05) is 41.7 Å². The molecule has 1 saturated heterocycles. The zero-order valence-electron chi connectivity index (χ0n) is 19.2. The molecule has 3 aromatic carbocycles. The molecular formula is C27H32N4O2. The first-order valence-electron chi connectivity index (χ1n) is 11.8. The van der Waals surface area contributed by atoms with Crippen LogP contribution in [0.25, 0.3) is 10.8 Å². The van der Waals surface area contributed by atoms with Gasteiger partial charge in [0, 0.05) is 49.4 Å². The van der Waals surface area contributed by atoms with E-state index in [0.717, 1.165) is 73.3 Å². The van der Waals surface area contributed by atoms with Gasteiger partial charge in [0.2, 0.25) is 5.91 Å². The van der Waals surface area contributed by atoms with E-state index in [1.807, 2.05) is 71.6 Å². The maximum absolute atomic E-state index is 12.5. The second kappa shape index (κ2) is 10.9. The number of carbonyl (C=O) groups is 2. The molecule has 1 aliphatic heterocycles. The van der Waals surface area contributed by atoms with E-state index in [1.165, 1.54) is 0 Å². The van der Waals surface area contributed by atoms with Gasteiger partial charge in [-0.15, -0.1) is 0 Å². The quantitative estimate of drug-likeness (QED) is 0.459. The van der Waals surface area contributed by atoms with Crippen molar-refractivity contribution >= 4 is 39.8 Å². The van der Waals surface area contributed by atoms with Gasteiger partial charge in [0.15, 0.2) is 0 Å². The summed E-state index contributed by atoms with van der Waals surface area (Å²) in [4.78, 5) is 29.1. The van der Waals surface area contributed by atoms with Gasteiger partial charge in [0.1, 0.15) is 0 Å².